The van der Waals surface area contributed by atoms with Gasteiger partial charge in [0, 0.05) is 5.56 Å². The number of carbonyl (C=O) groups is 2. The van der Waals surface area contributed by atoms with E-state index >= 15 is 0 Å². The van der Waals surface area contributed by atoms with Gasteiger partial charge in [-0.1, -0.05) is 0 Å². The Morgan fingerprint density at radius 3 is 1.77 bits per heavy atom. The first-order chi connectivity index (χ1) is 5.61. The highest BCUT2D eigenvalue weighted by molar-refractivity contribution is 5.94. The van der Waals surface area contributed by atoms with E-state index in [1.54, 1.807) is 0 Å². The molecule has 0 bridgehead atoms. The summed E-state index contributed by atoms with van der Waals surface area (Å²) in [7, 11) is 0. The Kier molecular flexibility index (Phi) is 3.61. The number of hydrogen-bond donors (Lipinski definition) is 3. The largest absolute Gasteiger partial charge is 0.478 e. The Hall–Kier alpha value is -1.88. The van der Waals surface area contributed by atoms with Gasteiger partial charge in [-0.2, -0.15) is 0 Å². The maximum absolute atomic E-state index is 10.6. The monoisotopic (exact) mass is 183 g/mol. The summed E-state index contributed by atoms with van der Waals surface area (Å²) in [5.41, 5.74) is 5.40. The first kappa shape index (κ1) is 11.1. The van der Waals surface area contributed by atoms with Crippen LogP contribution in [0.15, 0.2) is 24.3 Å². The quantitative estimate of drug-likeness (QED) is 0.631. The molecular formula is C8H11N2O3+. The number of aromatic carboxylic acids is 1. The van der Waals surface area contributed by atoms with E-state index in [4.69, 9.17) is 10.8 Å². The maximum Gasteiger partial charge on any atom is 0.335 e. The van der Waals surface area contributed by atoms with E-state index in [1.807, 2.05) is 0 Å². The Balaban J connectivity index is 0.00000144. The molecule has 0 heterocycles. The van der Waals surface area contributed by atoms with E-state index in [0.29, 0.717) is 5.56 Å². The first-order valence-corrected chi connectivity index (χ1v) is 3.24. The van der Waals surface area contributed by atoms with E-state index in [1.165, 1.54) is 24.3 Å². The lowest BCUT2D eigenvalue weighted by atomic mass is 10.1. The average Bonchev–Trinajstić information content (AvgIpc) is 2.04. The third kappa shape index (κ3) is 2.57. The molecule has 13 heavy (non-hydrogen) atoms. The van der Waals surface area contributed by atoms with Crippen LogP contribution in [0, 0.1) is 0 Å². The van der Waals surface area contributed by atoms with Crippen LogP contribution < -0.4 is 11.9 Å². The molecule has 0 aliphatic rings. The Morgan fingerprint density at radius 1 is 1.08 bits per heavy atom. The lowest BCUT2D eigenvalue weighted by molar-refractivity contribution is 0.0696. The second kappa shape index (κ2) is 4.22. The number of primary amides is 1. The molecule has 0 fully saturated rings. The van der Waals surface area contributed by atoms with Crippen molar-refractivity contribution in [2.45, 2.75) is 0 Å². The number of nitrogens with two attached hydrogens (primary N) is 1. The number of amides is 1. The van der Waals surface area contributed by atoms with Crippen LogP contribution in [0.4, 0.5) is 0 Å². The number of carbonyl (C=O) groups excluding carboxylic acids is 1. The fourth-order valence-electron chi connectivity index (χ4n) is 0.777. The van der Waals surface area contributed by atoms with Crippen LogP contribution >= 0.6 is 0 Å². The Morgan fingerprint density at radius 2 is 1.46 bits per heavy atom. The summed E-state index contributed by atoms with van der Waals surface area (Å²) < 4.78 is 0. The molecule has 0 saturated carbocycles. The van der Waals surface area contributed by atoms with Crippen molar-refractivity contribution in [2.75, 3.05) is 0 Å². The molecule has 0 spiro atoms. The normalized spacial score (nSPS) is 8.62. The van der Waals surface area contributed by atoms with Gasteiger partial charge in [0.25, 0.3) is 0 Å². The highest BCUT2D eigenvalue weighted by Gasteiger charge is 2.03. The van der Waals surface area contributed by atoms with E-state index in [2.05, 4.69) is 0 Å². The minimum atomic E-state index is -1.02. The smallest absolute Gasteiger partial charge is 0.335 e. The third-order valence-electron chi connectivity index (χ3n) is 1.42. The van der Waals surface area contributed by atoms with Crippen LogP contribution in [0.2, 0.25) is 0 Å². The molecule has 0 unspecified atom stereocenters. The second-order valence-corrected chi connectivity index (χ2v) is 2.25. The third-order valence-corrected chi connectivity index (χ3v) is 1.42. The van der Waals surface area contributed by atoms with Crippen molar-refractivity contribution in [3.05, 3.63) is 35.4 Å². The zero-order valence-corrected chi connectivity index (χ0v) is 7.15. The fraction of sp³-hybridized carbons (Fsp3) is 0. The van der Waals surface area contributed by atoms with E-state index in [-0.39, 0.29) is 11.7 Å². The van der Waals surface area contributed by atoms with Crippen molar-refractivity contribution >= 4 is 11.9 Å². The van der Waals surface area contributed by atoms with Gasteiger partial charge in [-0.25, -0.2) is 4.79 Å². The molecule has 70 valence electrons. The van der Waals surface area contributed by atoms with Gasteiger partial charge in [-0.15, -0.1) is 0 Å². The van der Waals surface area contributed by atoms with Crippen molar-refractivity contribution in [1.82, 2.24) is 6.15 Å². The van der Waals surface area contributed by atoms with Crippen molar-refractivity contribution in [3.8, 4) is 0 Å². The molecule has 7 N–H and O–H groups in total. The van der Waals surface area contributed by atoms with Crippen LogP contribution in [-0.2, 0) is 0 Å². The molecule has 0 saturated heterocycles. The van der Waals surface area contributed by atoms with E-state index in [9.17, 15) is 9.59 Å². The number of carboxylic acid groups (broad SMARTS) is 1. The van der Waals surface area contributed by atoms with Gasteiger partial charge in [0.2, 0.25) is 5.91 Å². The summed E-state index contributed by atoms with van der Waals surface area (Å²) in [5.74, 6) is -1.59. The molecule has 0 atom stereocenters. The number of carboxylic acids is 1. The van der Waals surface area contributed by atoms with Gasteiger partial charge >= 0.3 is 5.97 Å². The van der Waals surface area contributed by atoms with Crippen LogP contribution in [0.25, 0.3) is 0 Å². The summed E-state index contributed by atoms with van der Waals surface area (Å²) >= 11 is 0. The molecule has 5 nitrogen and oxygen atoms in total. The average molecular weight is 183 g/mol. The summed E-state index contributed by atoms with van der Waals surface area (Å²) in [5, 5.41) is 8.50. The SMILES string of the molecule is NC(=O)c1ccc(C(=O)O)cc1.[NH4+]. The van der Waals surface area contributed by atoms with Crippen molar-refractivity contribution < 1.29 is 14.7 Å². The van der Waals surface area contributed by atoms with Gasteiger partial charge in [-0.05, 0) is 24.3 Å². The van der Waals surface area contributed by atoms with Crippen LogP contribution in [0.1, 0.15) is 20.7 Å². The highest BCUT2D eigenvalue weighted by atomic mass is 16.4. The van der Waals surface area contributed by atoms with E-state index in [0.717, 1.165) is 0 Å². The lowest BCUT2D eigenvalue weighted by Crippen LogP contribution is -2.10. The van der Waals surface area contributed by atoms with E-state index < -0.39 is 11.9 Å². The molecule has 1 amide bonds. The van der Waals surface area contributed by atoms with Crippen molar-refractivity contribution in [3.63, 3.8) is 0 Å². The molecule has 5 heteroatoms. The maximum atomic E-state index is 10.6. The van der Waals surface area contributed by atoms with Crippen molar-refractivity contribution in [1.29, 1.82) is 0 Å². The van der Waals surface area contributed by atoms with Gasteiger partial charge in [0.05, 0.1) is 5.56 Å². The predicted octanol–water partition coefficient (Wildman–Crippen LogP) is 0.860. The summed E-state index contributed by atoms with van der Waals surface area (Å²) in [6.07, 6.45) is 0. The van der Waals surface area contributed by atoms with Crippen LogP contribution in [0.5, 0.6) is 0 Å². The molecule has 0 aromatic heterocycles. The number of hydrogen-bond acceptors (Lipinski definition) is 2. The summed E-state index contributed by atoms with van der Waals surface area (Å²) in [4.78, 5) is 20.9. The summed E-state index contributed by atoms with van der Waals surface area (Å²) in [6.45, 7) is 0. The molecule has 1 aromatic rings. The Labute approximate surface area is 74.8 Å². The standard InChI is InChI=1S/C8H7NO3.H3N/c9-7(10)5-1-3-6(4-2-5)8(11)12;/h1-4H,(H2,9,10)(H,11,12);1H3/p+1. The molecule has 0 aliphatic heterocycles. The minimum absolute atomic E-state index is 0. The fourth-order valence-corrected chi connectivity index (χ4v) is 0.777. The first-order valence-electron chi connectivity index (χ1n) is 3.24. The minimum Gasteiger partial charge on any atom is -0.478 e. The number of benzene rings is 1. The molecule has 1 rings (SSSR count). The van der Waals surface area contributed by atoms with Gasteiger partial charge in [-0.3, -0.25) is 4.79 Å². The van der Waals surface area contributed by atoms with Gasteiger partial charge in [0.15, 0.2) is 0 Å². The molecular weight excluding hydrogens is 172 g/mol. The highest BCUT2D eigenvalue weighted by Crippen LogP contribution is 2.03. The van der Waals surface area contributed by atoms with Gasteiger partial charge in [0.1, 0.15) is 0 Å². The molecule has 0 radical (unpaired) electrons. The predicted molar refractivity (Wildman–Crippen MR) is 47.9 cm³/mol. The zero-order chi connectivity index (χ0) is 9.14. The lowest BCUT2D eigenvalue weighted by Gasteiger charge is -1.95. The van der Waals surface area contributed by atoms with Crippen molar-refractivity contribution in [2.24, 2.45) is 5.73 Å². The number of quaternary nitrogens is 1. The topological polar surface area (TPSA) is 117 Å². The summed E-state index contributed by atoms with van der Waals surface area (Å²) in [6, 6.07) is 5.43. The Bertz CT molecular complexity index is 286. The number of rotatable bonds is 2. The zero-order valence-electron chi connectivity index (χ0n) is 7.15. The molecule has 1 aromatic carbocycles. The van der Waals surface area contributed by atoms with Gasteiger partial charge < -0.3 is 17.0 Å². The van der Waals surface area contributed by atoms with Crippen LogP contribution in [0.3, 0.4) is 0 Å². The molecule has 0 aliphatic carbocycles. The second-order valence-electron chi connectivity index (χ2n) is 2.25. The van der Waals surface area contributed by atoms with Crippen LogP contribution in [-0.4, -0.2) is 17.0 Å².